The van der Waals surface area contributed by atoms with Gasteiger partial charge in [-0.25, -0.2) is 0 Å². The third kappa shape index (κ3) is 3.70. The number of aromatic nitrogens is 1. The molecular formula is C11H8FNO4S. The monoisotopic (exact) mass is 269 g/mol. The van der Waals surface area contributed by atoms with Crippen molar-refractivity contribution in [2.24, 2.45) is 0 Å². The lowest BCUT2D eigenvalue weighted by Gasteiger charge is -2.05. The fourth-order valence-corrected chi connectivity index (χ4v) is 1.56. The molecule has 0 radical (unpaired) electrons. The fraction of sp³-hybridized carbons (Fsp3) is 0. The van der Waals surface area contributed by atoms with E-state index in [1.807, 2.05) is 0 Å². The van der Waals surface area contributed by atoms with Crippen molar-refractivity contribution in [3.63, 3.8) is 0 Å². The van der Waals surface area contributed by atoms with Crippen LogP contribution in [-0.4, -0.2) is 13.4 Å². The highest BCUT2D eigenvalue weighted by molar-refractivity contribution is 7.81. The fourth-order valence-electron chi connectivity index (χ4n) is 1.22. The van der Waals surface area contributed by atoms with Gasteiger partial charge in [-0.15, -0.1) is 0 Å². The zero-order chi connectivity index (χ0) is 13.0. The number of pyridine rings is 1. The molecule has 0 saturated heterocycles. The van der Waals surface area contributed by atoms with Gasteiger partial charge in [0.25, 0.3) is 0 Å². The molecule has 18 heavy (non-hydrogen) atoms. The molecule has 0 aliphatic rings. The van der Waals surface area contributed by atoms with Gasteiger partial charge in [0, 0.05) is 6.20 Å². The third-order valence-electron chi connectivity index (χ3n) is 1.89. The molecule has 0 bridgehead atoms. The van der Waals surface area contributed by atoms with Crippen LogP contribution >= 0.6 is 0 Å². The molecule has 1 heterocycles. The molecule has 1 aromatic heterocycles. The molecule has 7 heteroatoms. The lowest BCUT2D eigenvalue weighted by molar-refractivity contribution is 0.438. The molecule has 2 aromatic rings. The summed E-state index contributed by atoms with van der Waals surface area (Å²) < 4.78 is 42.2. The number of nitrogens with zero attached hydrogens (tertiary/aromatic N) is 1. The van der Waals surface area contributed by atoms with Gasteiger partial charge in [-0.3, -0.25) is 4.98 Å². The van der Waals surface area contributed by atoms with Crippen LogP contribution in [0.25, 0.3) is 0 Å². The lowest BCUT2D eigenvalue weighted by atomic mass is 10.3. The maximum absolute atomic E-state index is 12.2. The second-order valence-corrected chi connectivity index (χ2v) is 4.19. The summed E-state index contributed by atoms with van der Waals surface area (Å²) in [6.45, 7) is 0. The van der Waals surface area contributed by atoms with Crippen LogP contribution in [0, 0.1) is 0 Å². The van der Waals surface area contributed by atoms with Crippen LogP contribution in [0.15, 0.2) is 48.8 Å². The zero-order valence-corrected chi connectivity index (χ0v) is 9.80. The normalized spacial score (nSPS) is 10.9. The molecule has 0 N–H and O–H groups in total. The highest BCUT2D eigenvalue weighted by Gasteiger charge is 2.09. The molecule has 0 aliphatic heterocycles. The van der Waals surface area contributed by atoms with Crippen molar-refractivity contribution < 1.29 is 21.2 Å². The minimum atomic E-state index is -5.00. The van der Waals surface area contributed by atoms with Gasteiger partial charge < -0.3 is 8.92 Å². The SMILES string of the molecule is O=S(=O)(F)Oc1ccc(Oc2cccnc2)cc1. The smallest absolute Gasteiger partial charge is 0.456 e. The van der Waals surface area contributed by atoms with E-state index in [0.29, 0.717) is 11.5 Å². The van der Waals surface area contributed by atoms with Gasteiger partial charge in [0.2, 0.25) is 0 Å². The second kappa shape index (κ2) is 5.01. The average Bonchev–Trinajstić information content (AvgIpc) is 2.31. The van der Waals surface area contributed by atoms with E-state index in [2.05, 4.69) is 9.17 Å². The van der Waals surface area contributed by atoms with Crippen molar-refractivity contribution >= 4 is 10.5 Å². The van der Waals surface area contributed by atoms with Crippen molar-refractivity contribution in [3.05, 3.63) is 48.8 Å². The Balaban J connectivity index is 2.09. The minimum Gasteiger partial charge on any atom is -0.456 e. The summed E-state index contributed by atoms with van der Waals surface area (Å²) in [7, 11) is -5.00. The van der Waals surface area contributed by atoms with E-state index in [4.69, 9.17) is 4.74 Å². The van der Waals surface area contributed by atoms with E-state index in [0.717, 1.165) is 0 Å². The molecule has 5 nitrogen and oxygen atoms in total. The molecule has 0 spiro atoms. The molecular weight excluding hydrogens is 261 g/mol. The van der Waals surface area contributed by atoms with Crippen LogP contribution in [0.5, 0.6) is 17.2 Å². The van der Waals surface area contributed by atoms with Gasteiger partial charge >= 0.3 is 10.5 Å². The molecule has 0 fully saturated rings. The quantitative estimate of drug-likeness (QED) is 0.798. The molecule has 0 atom stereocenters. The summed E-state index contributed by atoms with van der Waals surface area (Å²) in [6, 6.07) is 8.89. The maximum Gasteiger partial charge on any atom is 0.488 e. The van der Waals surface area contributed by atoms with Gasteiger partial charge in [0.05, 0.1) is 6.20 Å². The van der Waals surface area contributed by atoms with Crippen molar-refractivity contribution in [1.29, 1.82) is 0 Å². The predicted octanol–water partition coefficient (Wildman–Crippen LogP) is 2.47. The Bertz CT molecular complexity index is 613. The van der Waals surface area contributed by atoms with Crippen LogP contribution < -0.4 is 8.92 Å². The van der Waals surface area contributed by atoms with Crippen molar-refractivity contribution in [2.75, 3.05) is 0 Å². The number of rotatable bonds is 4. The van der Waals surface area contributed by atoms with Crippen LogP contribution in [0.1, 0.15) is 0 Å². The largest absolute Gasteiger partial charge is 0.488 e. The Hall–Kier alpha value is -2.15. The van der Waals surface area contributed by atoms with E-state index in [1.54, 1.807) is 18.3 Å². The molecule has 0 saturated carbocycles. The number of benzene rings is 1. The van der Waals surface area contributed by atoms with Gasteiger partial charge in [0.15, 0.2) is 0 Å². The Morgan fingerprint density at radius 1 is 1.00 bits per heavy atom. The molecule has 94 valence electrons. The van der Waals surface area contributed by atoms with Gasteiger partial charge in [-0.1, -0.05) is 3.89 Å². The number of hydrogen-bond acceptors (Lipinski definition) is 5. The van der Waals surface area contributed by atoms with E-state index >= 15 is 0 Å². The van der Waals surface area contributed by atoms with Crippen molar-refractivity contribution in [3.8, 4) is 17.2 Å². The molecule has 2 rings (SSSR count). The topological polar surface area (TPSA) is 65.5 Å². The van der Waals surface area contributed by atoms with Crippen molar-refractivity contribution in [1.82, 2.24) is 4.98 Å². The second-order valence-electron chi connectivity index (χ2n) is 3.24. The number of halogens is 1. The van der Waals surface area contributed by atoms with Crippen LogP contribution in [-0.2, 0) is 10.5 Å². The molecule has 0 unspecified atom stereocenters. The van der Waals surface area contributed by atoms with E-state index in [-0.39, 0.29) is 5.75 Å². The third-order valence-corrected chi connectivity index (χ3v) is 2.28. The first kappa shape index (κ1) is 12.3. The highest BCUT2D eigenvalue weighted by Crippen LogP contribution is 2.23. The first-order chi connectivity index (χ1) is 8.53. The van der Waals surface area contributed by atoms with Crippen LogP contribution in [0.3, 0.4) is 0 Å². The summed E-state index contributed by atoms with van der Waals surface area (Å²) in [4.78, 5) is 3.87. The molecule has 1 aromatic carbocycles. The Kier molecular flexibility index (Phi) is 3.42. The Morgan fingerprint density at radius 3 is 2.22 bits per heavy atom. The maximum atomic E-state index is 12.2. The van der Waals surface area contributed by atoms with Gasteiger partial charge in [-0.05, 0) is 36.4 Å². The summed E-state index contributed by atoms with van der Waals surface area (Å²) in [5.74, 6) is 0.854. The highest BCUT2D eigenvalue weighted by atomic mass is 32.3. The lowest BCUT2D eigenvalue weighted by Crippen LogP contribution is -2.00. The number of hydrogen-bond donors (Lipinski definition) is 0. The van der Waals surface area contributed by atoms with Gasteiger partial charge in [0.1, 0.15) is 17.2 Å². The van der Waals surface area contributed by atoms with Crippen LogP contribution in [0.4, 0.5) is 3.89 Å². The molecule has 0 amide bonds. The first-order valence-electron chi connectivity index (χ1n) is 4.85. The van der Waals surface area contributed by atoms with Crippen molar-refractivity contribution in [2.45, 2.75) is 0 Å². The summed E-state index contributed by atoms with van der Waals surface area (Å²) in [5.41, 5.74) is 0. The zero-order valence-electron chi connectivity index (χ0n) is 8.99. The standard InChI is InChI=1S/C11H8FNO4S/c12-18(14,15)17-10-5-3-9(4-6-10)16-11-2-1-7-13-8-11/h1-8H. The summed E-state index contributed by atoms with van der Waals surface area (Å²) in [5, 5.41) is 0. The van der Waals surface area contributed by atoms with Gasteiger partial charge in [-0.2, -0.15) is 8.42 Å². The summed E-state index contributed by atoms with van der Waals surface area (Å²) in [6.07, 6.45) is 3.13. The van der Waals surface area contributed by atoms with E-state index in [1.165, 1.54) is 30.5 Å². The average molecular weight is 269 g/mol. The predicted molar refractivity (Wildman–Crippen MR) is 61.4 cm³/mol. The van der Waals surface area contributed by atoms with Crippen LogP contribution in [0.2, 0.25) is 0 Å². The van der Waals surface area contributed by atoms with E-state index < -0.39 is 10.5 Å². The summed E-state index contributed by atoms with van der Waals surface area (Å²) >= 11 is 0. The molecule has 0 aliphatic carbocycles. The Labute approximate surface area is 103 Å². The Morgan fingerprint density at radius 2 is 1.67 bits per heavy atom. The minimum absolute atomic E-state index is 0.129. The van der Waals surface area contributed by atoms with E-state index in [9.17, 15) is 12.3 Å². The first-order valence-corrected chi connectivity index (χ1v) is 6.16. The number of ether oxygens (including phenoxy) is 1.